The quantitative estimate of drug-likeness (QED) is 0.661. The molecule has 1 aliphatic heterocycles. The summed E-state index contributed by atoms with van der Waals surface area (Å²) in [5, 5.41) is 4.31. The number of alkyl halides is 3. The van der Waals surface area contributed by atoms with Gasteiger partial charge in [-0.05, 0) is 29.8 Å². The fraction of sp³-hybridized carbons (Fsp3) is 0.222. The van der Waals surface area contributed by atoms with E-state index in [0.29, 0.717) is 13.1 Å². The molecule has 0 radical (unpaired) electrons. The van der Waals surface area contributed by atoms with Gasteiger partial charge in [-0.25, -0.2) is 9.37 Å². The normalized spacial score (nSPS) is 13.9. The summed E-state index contributed by atoms with van der Waals surface area (Å²) in [6.07, 6.45) is -1.44. The second kappa shape index (κ2) is 6.12. The van der Waals surface area contributed by atoms with Crippen LogP contribution in [0, 0.1) is 5.82 Å². The van der Waals surface area contributed by atoms with Crippen LogP contribution in [-0.4, -0.2) is 14.8 Å². The van der Waals surface area contributed by atoms with Gasteiger partial charge < -0.3 is 4.90 Å². The van der Waals surface area contributed by atoms with Crippen molar-refractivity contribution in [3.63, 3.8) is 0 Å². The summed E-state index contributed by atoms with van der Waals surface area (Å²) < 4.78 is 54.5. The number of anilines is 1. The maximum Gasteiger partial charge on any atom is 0.419 e. The number of halogens is 4. The molecule has 1 aliphatic rings. The highest BCUT2D eigenvalue weighted by Crippen LogP contribution is 2.38. The van der Waals surface area contributed by atoms with E-state index < -0.39 is 11.7 Å². The minimum atomic E-state index is -4.46. The Hall–Kier alpha value is -2.90. The first-order valence-corrected chi connectivity index (χ1v) is 7.97. The number of nitrogens with zero attached hydrogens (tertiary/aromatic N) is 4. The zero-order chi connectivity index (χ0) is 18.3. The monoisotopic (exact) mass is 362 g/mol. The van der Waals surface area contributed by atoms with Gasteiger partial charge in [-0.2, -0.15) is 18.3 Å². The van der Waals surface area contributed by atoms with Crippen molar-refractivity contribution in [1.82, 2.24) is 14.8 Å². The molecule has 8 heteroatoms. The molecule has 1 aromatic carbocycles. The second-order valence-electron chi connectivity index (χ2n) is 6.13. The molecule has 0 unspecified atom stereocenters. The Kier molecular flexibility index (Phi) is 3.90. The molecule has 0 saturated heterocycles. The molecule has 0 amide bonds. The van der Waals surface area contributed by atoms with E-state index in [0.717, 1.165) is 22.9 Å². The zero-order valence-corrected chi connectivity index (χ0v) is 13.5. The van der Waals surface area contributed by atoms with Crippen LogP contribution in [0.5, 0.6) is 0 Å². The van der Waals surface area contributed by atoms with E-state index in [9.17, 15) is 17.6 Å². The largest absolute Gasteiger partial charge is 0.419 e. The summed E-state index contributed by atoms with van der Waals surface area (Å²) in [4.78, 5) is 5.54. The fourth-order valence-electron chi connectivity index (χ4n) is 3.13. The zero-order valence-electron chi connectivity index (χ0n) is 13.5. The third kappa shape index (κ3) is 3.02. The lowest BCUT2D eigenvalue weighted by atomic mass is 10.2. The molecule has 0 aliphatic carbocycles. The van der Waals surface area contributed by atoms with Gasteiger partial charge in [-0.15, -0.1) is 0 Å². The Morgan fingerprint density at radius 3 is 2.54 bits per heavy atom. The van der Waals surface area contributed by atoms with Gasteiger partial charge in [0.1, 0.15) is 11.6 Å². The molecule has 0 fully saturated rings. The first kappa shape index (κ1) is 16.6. The molecule has 4 nitrogen and oxygen atoms in total. The first-order chi connectivity index (χ1) is 12.4. The Balaban J connectivity index is 1.59. The number of rotatable bonds is 3. The number of pyridine rings is 1. The summed E-state index contributed by atoms with van der Waals surface area (Å²) in [6.45, 7) is 1.03. The lowest BCUT2D eigenvalue weighted by Crippen LogP contribution is -2.22. The molecule has 0 spiro atoms. The van der Waals surface area contributed by atoms with Crippen LogP contribution in [0.4, 0.5) is 23.4 Å². The van der Waals surface area contributed by atoms with Crippen molar-refractivity contribution in [1.29, 1.82) is 0 Å². The molecule has 3 heterocycles. The van der Waals surface area contributed by atoms with Gasteiger partial charge in [0.25, 0.3) is 0 Å². The molecule has 0 bridgehead atoms. The summed E-state index contributed by atoms with van der Waals surface area (Å²) in [5.41, 5.74) is 1.83. The molecule has 134 valence electrons. The lowest BCUT2D eigenvalue weighted by Gasteiger charge is -2.21. The third-order valence-electron chi connectivity index (χ3n) is 4.37. The van der Waals surface area contributed by atoms with E-state index in [4.69, 9.17) is 0 Å². The highest BCUT2D eigenvalue weighted by atomic mass is 19.4. The smallest absolute Gasteiger partial charge is 0.346 e. The standard InChI is InChI=1S/C18H14F4N4/c19-14-5-3-12(4-6-14)9-26-16-11-25(10-13(16)8-24-26)17-15(18(20,21)22)2-1-7-23-17/h1-8H,9-11H2. The molecule has 4 rings (SSSR count). The van der Waals surface area contributed by atoms with E-state index in [1.54, 1.807) is 27.9 Å². The van der Waals surface area contributed by atoms with Crippen LogP contribution in [0.3, 0.4) is 0 Å². The van der Waals surface area contributed by atoms with Crippen LogP contribution in [0.2, 0.25) is 0 Å². The van der Waals surface area contributed by atoms with Gasteiger partial charge >= 0.3 is 6.18 Å². The van der Waals surface area contributed by atoms with Crippen molar-refractivity contribution < 1.29 is 17.6 Å². The molecule has 0 N–H and O–H groups in total. The van der Waals surface area contributed by atoms with Crippen molar-refractivity contribution in [3.05, 3.63) is 77.0 Å². The number of fused-ring (bicyclic) bond motifs is 1. The van der Waals surface area contributed by atoms with E-state index in [1.807, 2.05) is 0 Å². The van der Waals surface area contributed by atoms with Crippen LogP contribution in [0.15, 0.2) is 48.8 Å². The number of benzene rings is 1. The Labute approximate surface area is 146 Å². The van der Waals surface area contributed by atoms with Crippen LogP contribution in [0.1, 0.15) is 22.4 Å². The molecule has 2 aromatic heterocycles. The predicted octanol–water partition coefficient (Wildman–Crippen LogP) is 4.00. The Morgan fingerprint density at radius 1 is 1.04 bits per heavy atom. The highest BCUT2D eigenvalue weighted by Gasteiger charge is 2.37. The van der Waals surface area contributed by atoms with E-state index in [-0.39, 0.29) is 18.2 Å². The Bertz CT molecular complexity index is 931. The predicted molar refractivity (Wildman–Crippen MR) is 86.9 cm³/mol. The fourth-order valence-corrected chi connectivity index (χ4v) is 3.13. The van der Waals surface area contributed by atoms with Crippen molar-refractivity contribution in [2.75, 3.05) is 4.90 Å². The van der Waals surface area contributed by atoms with E-state index in [2.05, 4.69) is 10.1 Å². The van der Waals surface area contributed by atoms with Crippen LogP contribution in [-0.2, 0) is 25.8 Å². The number of aromatic nitrogens is 3. The number of hydrogen-bond donors (Lipinski definition) is 0. The van der Waals surface area contributed by atoms with Gasteiger partial charge in [-0.1, -0.05) is 12.1 Å². The molecule has 3 aromatic rings. The third-order valence-corrected chi connectivity index (χ3v) is 4.37. The molecular weight excluding hydrogens is 348 g/mol. The molecule has 0 saturated carbocycles. The van der Waals surface area contributed by atoms with Gasteiger partial charge in [0.15, 0.2) is 0 Å². The van der Waals surface area contributed by atoms with Gasteiger partial charge in [0.05, 0.1) is 30.5 Å². The molecule has 26 heavy (non-hydrogen) atoms. The maximum atomic E-state index is 13.2. The summed E-state index contributed by atoms with van der Waals surface area (Å²) in [6, 6.07) is 8.39. The SMILES string of the molecule is Fc1ccc(Cn2ncc3c2CN(c2ncccc2C(F)(F)F)C3)cc1. The van der Waals surface area contributed by atoms with Crippen molar-refractivity contribution in [3.8, 4) is 0 Å². The van der Waals surface area contributed by atoms with Crippen LogP contribution in [0.25, 0.3) is 0 Å². The van der Waals surface area contributed by atoms with Crippen molar-refractivity contribution in [2.45, 2.75) is 25.8 Å². The summed E-state index contributed by atoms with van der Waals surface area (Å²) in [7, 11) is 0. The van der Waals surface area contributed by atoms with Gasteiger partial charge in [-0.3, -0.25) is 4.68 Å². The highest BCUT2D eigenvalue weighted by molar-refractivity contribution is 5.52. The van der Waals surface area contributed by atoms with E-state index in [1.165, 1.54) is 24.4 Å². The first-order valence-electron chi connectivity index (χ1n) is 7.97. The Morgan fingerprint density at radius 2 is 1.81 bits per heavy atom. The van der Waals surface area contributed by atoms with Crippen molar-refractivity contribution in [2.24, 2.45) is 0 Å². The van der Waals surface area contributed by atoms with Gasteiger partial charge in [0, 0.05) is 18.3 Å². The minimum Gasteiger partial charge on any atom is -0.346 e. The van der Waals surface area contributed by atoms with E-state index >= 15 is 0 Å². The van der Waals surface area contributed by atoms with Crippen LogP contribution < -0.4 is 4.90 Å². The molecule has 0 atom stereocenters. The maximum absolute atomic E-state index is 13.2. The number of hydrogen-bond acceptors (Lipinski definition) is 3. The topological polar surface area (TPSA) is 34.0 Å². The van der Waals surface area contributed by atoms with Gasteiger partial charge in [0.2, 0.25) is 0 Å². The average Bonchev–Trinajstić information content (AvgIpc) is 3.18. The summed E-state index contributed by atoms with van der Waals surface area (Å²) in [5.74, 6) is -0.398. The lowest BCUT2D eigenvalue weighted by molar-refractivity contribution is -0.137. The molecular formula is C18H14F4N4. The van der Waals surface area contributed by atoms with Crippen molar-refractivity contribution >= 4 is 5.82 Å². The second-order valence-corrected chi connectivity index (χ2v) is 6.13. The van der Waals surface area contributed by atoms with Crippen LogP contribution >= 0.6 is 0 Å². The summed E-state index contributed by atoms with van der Waals surface area (Å²) >= 11 is 0. The minimum absolute atomic E-state index is 0.0791. The average molecular weight is 362 g/mol.